The van der Waals surface area contributed by atoms with Crippen molar-refractivity contribution in [3.63, 3.8) is 0 Å². The van der Waals surface area contributed by atoms with Gasteiger partial charge in [0.05, 0.1) is 22.6 Å². The van der Waals surface area contributed by atoms with Gasteiger partial charge in [-0.2, -0.15) is 0 Å². The Morgan fingerprint density at radius 1 is 0.938 bits per heavy atom. The van der Waals surface area contributed by atoms with Crippen LogP contribution in [0, 0.1) is 17.0 Å². The van der Waals surface area contributed by atoms with Crippen LogP contribution in [-0.4, -0.2) is 56.3 Å². The number of nitro groups is 1. The number of nitrogens with one attached hydrogen (secondary N) is 1. The second-order valence-electron chi connectivity index (χ2n) is 10.8. The topological polar surface area (TPSA) is 139 Å². The number of rotatable bonds is 14. The van der Waals surface area contributed by atoms with E-state index in [-0.39, 0.29) is 41.5 Å². The third-order valence-electron chi connectivity index (χ3n) is 7.52. The van der Waals surface area contributed by atoms with Crippen LogP contribution >= 0.6 is 23.2 Å². The smallest absolute Gasteiger partial charge is 0.273 e. The van der Waals surface area contributed by atoms with Crippen LogP contribution in [0.2, 0.25) is 10.0 Å². The average molecular weight is 714 g/mol. The lowest BCUT2D eigenvalue weighted by Crippen LogP contribution is -2.53. The van der Waals surface area contributed by atoms with Gasteiger partial charge < -0.3 is 15.0 Å². The molecule has 0 saturated heterocycles. The minimum Gasteiger partial charge on any atom is -0.495 e. The first-order chi connectivity index (χ1) is 22.8. The number of sulfonamides is 1. The molecule has 0 aliphatic carbocycles. The molecule has 4 rings (SSSR count). The summed E-state index contributed by atoms with van der Waals surface area (Å²) in [5.74, 6) is -1.11. The Morgan fingerprint density at radius 3 is 2.27 bits per heavy atom. The number of benzene rings is 4. The number of amides is 2. The number of methoxy groups -OCH3 is 1. The van der Waals surface area contributed by atoms with Crippen LogP contribution in [0.15, 0.2) is 95.9 Å². The van der Waals surface area contributed by atoms with E-state index >= 15 is 0 Å². The number of aryl methyl sites for hydroxylation is 1. The maximum atomic E-state index is 14.6. The van der Waals surface area contributed by atoms with E-state index < -0.39 is 49.9 Å². The van der Waals surface area contributed by atoms with E-state index in [4.69, 9.17) is 27.9 Å². The Morgan fingerprint density at radius 2 is 1.62 bits per heavy atom. The molecule has 2 amide bonds. The zero-order valence-corrected chi connectivity index (χ0v) is 28.8. The molecule has 0 aliphatic heterocycles. The van der Waals surface area contributed by atoms with Gasteiger partial charge in [0.25, 0.3) is 15.7 Å². The monoisotopic (exact) mass is 712 g/mol. The zero-order chi connectivity index (χ0) is 35.0. The lowest BCUT2D eigenvalue weighted by molar-refractivity contribution is -0.385. The van der Waals surface area contributed by atoms with Crippen LogP contribution in [0.4, 0.5) is 11.4 Å². The highest BCUT2D eigenvalue weighted by atomic mass is 35.5. The van der Waals surface area contributed by atoms with Crippen LogP contribution in [0.5, 0.6) is 5.75 Å². The van der Waals surface area contributed by atoms with E-state index in [0.29, 0.717) is 10.6 Å². The number of ether oxygens (including phenoxy) is 1. The number of halogens is 2. The lowest BCUT2D eigenvalue weighted by Gasteiger charge is -2.34. The molecule has 252 valence electrons. The minimum atomic E-state index is -4.68. The Hall–Kier alpha value is -4.65. The SMILES string of the molecule is CCNC(=O)C(Cc1ccccc1)N(Cc1cccc(Cl)c1)C(=O)CN(c1cc(Cl)ccc1OC)S(=O)(=O)c1ccc(C)c([N+](=O)[O-])c1. The average Bonchev–Trinajstić information content (AvgIpc) is 3.05. The van der Waals surface area contributed by atoms with Crippen molar-refractivity contribution in [1.82, 2.24) is 10.2 Å². The largest absolute Gasteiger partial charge is 0.495 e. The van der Waals surface area contributed by atoms with Gasteiger partial charge in [-0.05, 0) is 61.4 Å². The molecule has 4 aromatic carbocycles. The molecular weight excluding hydrogens is 679 g/mol. The fourth-order valence-electron chi connectivity index (χ4n) is 5.12. The molecule has 0 radical (unpaired) electrons. The van der Waals surface area contributed by atoms with E-state index in [1.807, 2.05) is 30.3 Å². The van der Waals surface area contributed by atoms with Gasteiger partial charge in [-0.1, -0.05) is 71.7 Å². The first-order valence-corrected chi connectivity index (χ1v) is 17.0. The maximum absolute atomic E-state index is 14.6. The standard InChI is InChI=1S/C34H34Cl2N4O7S/c1-4-37-34(42)31(18-24-9-6-5-7-10-24)38(21-25-11-8-12-26(35)17-25)33(41)22-39(30-19-27(36)14-16-32(30)47-3)48(45,46)28-15-13-23(2)29(20-28)40(43)44/h5-17,19-20,31H,4,18,21-22H2,1-3H3,(H,37,42). The predicted octanol–water partition coefficient (Wildman–Crippen LogP) is 6.19. The van der Waals surface area contributed by atoms with Gasteiger partial charge in [-0.3, -0.25) is 24.0 Å². The van der Waals surface area contributed by atoms with Gasteiger partial charge in [0, 0.05) is 41.2 Å². The van der Waals surface area contributed by atoms with Crippen molar-refractivity contribution in [3.8, 4) is 5.75 Å². The molecule has 11 nitrogen and oxygen atoms in total. The zero-order valence-electron chi connectivity index (χ0n) is 26.4. The van der Waals surface area contributed by atoms with Crippen LogP contribution in [0.3, 0.4) is 0 Å². The highest BCUT2D eigenvalue weighted by Gasteiger charge is 2.36. The van der Waals surface area contributed by atoms with Crippen molar-refractivity contribution in [2.24, 2.45) is 0 Å². The summed E-state index contributed by atoms with van der Waals surface area (Å²) >= 11 is 12.6. The molecule has 0 spiro atoms. The van der Waals surface area contributed by atoms with Gasteiger partial charge in [-0.25, -0.2) is 8.42 Å². The molecule has 0 aromatic heterocycles. The maximum Gasteiger partial charge on any atom is 0.273 e. The Balaban J connectivity index is 1.89. The molecule has 0 heterocycles. The molecule has 14 heteroatoms. The molecule has 0 fully saturated rings. The number of nitrogens with zero attached hydrogens (tertiary/aromatic N) is 3. The van der Waals surface area contributed by atoms with Gasteiger partial charge in [0.15, 0.2) is 0 Å². The summed E-state index contributed by atoms with van der Waals surface area (Å²) in [4.78, 5) is 40.1. The number of anilines is 1. The van der Waals surface area contributed by atoms with Crippen LogP contribution in [-0.2, 0) is 32.6 Å². The number of hydrogen-bond donors (Lipinski definition) is 1. The fourth-order valence-corrected chi connectivity index (χ4v) is 6.94. The molecular formula is C34H34Cl2N4O7S. The summed E-state index contributed by atoms with van der Waals surface area (Å²) in [7, 11) is -3.35. The van der Waals surface area contributed by atoms with Crippen molar-refractivity contribution in [1.29, 1.82) is 0 Å². The minimum absolute atomic E-state index is 0.0725. The molecule has 1 N–H and O–H groups in total. The van der Waals surface area contributed by atoms with E-state index in [1.54, 1.807) is 31.2 Å². The number of likely N-dealkylation sites (N-methyl/N-ethyl adjacent to an activating group) is 1. The second-order valence-corrected chi connectivity index (χ2v) is 13.5. The highest BCUT2D eigenvalue weighted by Crippen LogP contribution is 2.36. The van der Waals surface area contributed by atoms with Crippen molar-refractivity contribution in [3.05, 3.63) is 128 Å². The summed E-state index contributed by atoms with van der Waals surface area (Å²) in [6.45, 7) is 2.62. The quantitative estimate of drug-likeness (QED) is 0.122. The van der Waals surface area contributed by atoms with Crippen LogP contribution in [0.25, 0.3) is 0 Å². The molecule has 48 heavy (non-hydrogen) atoms. The van der Waals surface area contributed by atoms with Crippen molar-refractivity contribution < 1.29 is 27.7 Å². The van der Waals surface area contributed by atoms with E-state index in [0.717, 1.165) is 15.9 Å². The van der Waals surface area contributed by atoms with Gasteiger partial charge in [0.1, 0.15) is 18.3 Å². The first kappa shape index (κ1) is 36.2. The van der Waals surface area contributed by atoms with Gasteiger partial charge in [0.2, 0.25) is 11.8 Å². The van der Waals surface area contributed by atoms with Crippen LogP contribution < -0.4 is 14.4 Å². The summed E-state index contributed by atoms with van der Waals surface area (Å²) in [5, 5.41) is 15.1. The summed E-state index contributed by atoms with van der Waals surface area (Å²) < 4.78 is 35.0. The van der Waals surface area contributed by atoms with E-state index in [1.165, 1.54) is 49.3 Å². The molecule has 4 aromatic rings. The van der Waals surface area contributed by atoms with Crippen molar-refractivity contribution >= 4 is 56.4 Å². The summed E-state index contributed by atoms with van der Waals surface area (Å²) in [5.41, 5.74) is 1.12. The van der Waals surface area contributed by atoms with Crippen molar-refractivity contribution in [2.75, 3.05) is 24.5 Å². The van der Waals surface area contributed by atoms with E-state index in [2.05, 4.69) is 5.32 Å². The number of hydrogen-bond acceptors (Lipinski definition) is 7. The summed E-state index contributed by atoms with van der Waals surface area (Å²) in [6.07, 6.45) is 0.121. The van der Waals surface area contributed by atoms with Gasteiger partial charge in [-0.15, -0.1) is 0 Å². The highest BCUT2D eigenvalue weighted by molar-refractivity contribution is 7.92. The Labute approximate surface area is 289 Å². The van der Waals surface area contributed by atoms with Crippen molar-refractivity contribution in [2.45, 2.75) is 37.8 Å². The number of carbonyl (C=O) groups is 2. The third kappa shape index (κ3) is 8.62. The molecule has 1 unspecified atom stereocenters. The third-order valence-corrected chi connectivity index (χ3v) is 9.74. The van der Waals surface area contributed by atoms with E-state index in [9.17, 15) is 28.1 Å². The molecule has 0 aliphatic rings. The van der Waals surface area contributed by atoms with Gasteiger partial charge >= 0.3 is 0 Å². The lowest BCUT2D eigenvalue weighted by atomic mass is 10.0. The predicted molar refractivity (Wildman–Crippen MR) is 185 cm³/mol. The normalized spacial score (nSPS) is 11.8. The summed E-state index contributed by atoms with van der Waals surface area (Å²) in [6, 6.07) is 22.5. The Kier molecular flexibility index (Phi) is 12.0. The number of nitro benzene ring substituents is 1. The molecule has 0 saturated carbocycles. The molecule has 0 bridgehead atoms. The molecule has 1 atom stereocenters. The fraction of sp³-hybridized carbons (Fsp3) is 0.235. The van der Waals surface area contributed by atoms with Crippen LogP contribution in [0.1, 0.15) is 23.6 Å². The number of carbonyl (C=O) groups excluding carboxylic acids is 2. The second kappa shape index (κ2) is 16.0. The first-order valence-electron chi connectivity index (χ1n) is 14.8. The Bertz CT molecular complexity index is 1910.